The van der Waals surface area contributed by atoms with Gasteiger partial charge in [0.2, 0.25) is 0 Å². The molecule has 0 fully saturated rings. The first kappa shape index (κ1) is 12.9. The van der Waals surface area contributed by atoms with Gasteiger partial charge < -0.3 is 4.74 Å². The fourth-order valence-corrected chi connectivity index (χ4v) is 2.04. The normalized spacial score (nSPS) is 10.6. The van der Waals surface area contributed by atoms with E-state index in [-0.39, 0.29) is 12.0 Å². The highest BCUT2D eigenvalue weighted by molar-refractivity contribution is 6.31. The van der Waals surface area contributed by atoms with E-state index in [0.29, 0.717) is 16.3 Å². The van der Waals surface area contributed by atoms with Crippen molar-refractivity contribution < 1.29 is 4.74 Å². The number of rotatable bonds is 3. The third-order valence-corrected chi connectivity index (χ3v) is 2.49. The first-order chi connectivity index (χ1) is 7.45. The summed E-state index contributed by atoms with van der Waals surface area (Å²) < 4.78 is 5.54. The minimum absolute atomic E-state index is 0.0764. The van der Waals surface area contributed by atoms with Gasteiger partial charge in [-0.2, -0.15) is 5.26 Å². The van der Waals surface area contributed by atoms with Crippen molar-refractivity contribution in [3.8, 4) is 11.8 Å². The Morgan fingerprint density at radius 1 is 1.25 bits per heavy atom. The molecule has 0 aliphatic rings. The summed E-state index contributed by atoms with van der Waals surface area (Å²) >= 11 is 6.16. The highest BCUT2D eigenvalue weighted by Crippen LogP contribution is 2.32. The van der Waals surface area contributed by atoms with E-state index >= 15 is 0 Å². The fourth-order valence-electron chi connectivity index (χ4n) is 1.61. The third-order valence-electron chi connectivity index (χ3n) is 2.17. The number of nitrogens with zero attached hydrogens (tertiary/aromatic N) is 1. The molecule has 0 aliphatic carbocycles. The second-order valence-electron chi connectivity index (χ2n) is 4.30. The highest BCUT2D eigenvalue weighted by atomic mass is 35.5. The van der Waals surface area contributed by atoms with Gasteiger partial charge in [0.1, 0.15) is 5.75 Å². The van der Waals surface area contributed by atoms with Crippen LogP contribution in [-0.4, -0.2) is 6.10 Å². The Morgan fingerprint density at radius 2 is 1.88 bits per heavy atom. The van der Waals surface area contributed by atoms with Crippen molar-refractivity contribution >= 4 is 11.6 Å². The van der Waals surface area contributed by atoms with E-state index in [9.17, 15) is 0 Å². The third kappa shape index (κ3) is 2.90. The zero-order valence-electron chi connectivity index (χ0n) is 10.0. The van der Waals surface area contributed by atoms with E-state index in [1.165, 1.54) is 0 Å². The van der Waals surface area contributed by atoms with Crippen LogP contribution in [0.1, 0.15) is 44.7 Å². The average molecular weight is 238 g/mol. The van der Waals surface area contributed by atoms with Gasteiger partial charge in [-0.05, 0) is 37.5 Å². The Bertz CT molecular complexity index is 419. The lowest BCUT2D eigenvalue weighted by Crippen LogP contribution is -2.06. The van der Waals surface area contributed by atoms with Gasteiger partial charge in [-0.15, -0.1) is 0 Å². The van der Waals surface area contributed by atoms with Gasteiger partial charge in [0.15, 0.2) is 0 Å². The topological polar surface area (TPSA) is 33.0 Å². The lowest BCUT2D eigenvalue weighted by atomic mass is 9.97. The molecule has 0 radical (unpaired) electrons. The van der Waals surface area contributed by atoms with Crippen molar-refractivity contribution in [1.82, 2.24) is 0 Å². The molecule has 0 saturated heterocycles. The van der Waals surface area contributed by atoms with Crippen LogP contribution in [0, 0.1) is 11.3 Å². The van der Waals surface area contributed by atoms with E-state index in [4.69, 9.17) is 21.6 Å². The molecule has 0 N–H and O–H groups in total. The summed E-state index contributed by atoms with van der Waals surface area (Å²) in [5, 5.41) is 9.69. The van der Waals surface area contributed by atoms with Crippen LogP contribution in [0.25, 0.3) is 0 Å². The molecule has 0 unspecified atom stereocenters. The lowest BCUT2D eigenvalue weighted by molar-refractivity contribution is 0.242. The minimum Gasteiger partial charge on any atom is -0.491 e. The van der Waals surface area contributed by atoms with E-state index in [0.717, 1.165) is 5.56 Å². The monoisotopic (exact) mass is 237 g/mol. The van der Waals surface area contributed by atoms with Gasteiger partial charge >= 0.3 is 0 Å². The molecular weight excluding hydrogens is 222 g/mol. The minimum atomic E-state index is 0.0764. The van der Waals surface area contributed by atoms with E-state index in [2.05, 4.69) is 6.07 Å². The summed E-state index contributed by atoms with van der Waals surface area (Å²) in [5.41, 5.74) is 1.48. The molecule has 2 nitrogen and oxygen atoms in total. The number of hydrogen-bond acceptors (Lipinski definition) is 2. The van der Waals surface area contributed by atoms with Gasteiger partial charge in [-0.3, -0.25) is 0 Å². The van der Waals surface area contributed by atoms with Crippen LogP contribution < -0.4 is 4.74 Å². The van der Waals surface area contributed by atoms with Crippen molar-refractivity contribution in [2.75, 3.05) is 0 Å². The molecule has 1 rings (SSSR count). The van der Waals surface area contributed by atoms with E-state index < -0.39 is 0 Å². The summed E-state index contributed by atoms with van der Waals surface area (Å²) in [6, 6.07) is 5.69. The first-order valence-electron chi connectivity index (χ1n) is 5.36. The second-order valence-corrected chi connectivity index (χ2v) is 4.71. The fraction of sp³-hybridized carbons (Fsp3) is 0.462. The molecule has 1 aromatic rings. The maximum Gasteiger partial charge on any atom is 0.122 e. The summed E-state index contributed by atoms with van der Waals surface area (Å²) in [6.07, 6.45) is 0.0764. The van der Waals surface area contributed by atoms with Crippen LogP contribution in [0.15, 0.2) is 12.1 Å². The molecule has 3 heteroatoms. The summed E-state index contributed by atoms with van der Waals surface area (Å²) in [5.74, 6) is 0.885. The number of nitriles is 1. The van der Waals surface area contributed by atoms with Crippen molar-refractivity contribution in [3.05, 3.63) is 28.3 Å². The molecule has 1 aromatic carbocycles. The first-order valence-corrected chi connectivity index (χ1v) is 5.73. The van der Waals surface area contributed by atoms with Crippen LogP contribution in [0.4, 0.5) is 0 Å². The molecule has 0 heterocycles. The standard InChI is InChI=1S/C13H16ClNO/c1-8(2)13-10(7-15)5-11(6-12(13)14)16-9(3)4/h5-6,8-9H,1-4H3. The summed E-state index contributed by atoms with van der Waals surface area (Å²) in [4.78, 5) is 0. The van der Waals surface area contributed by atoms with Crippen molar-refractivity contribution in [2.45, 2.75) is 39.7 Å². The number of halogens is 1. The van der Waals surface area contributed by atoms with Crippen molar-refractivity contribution in [3.63, 3.8) is 0 Å². The Hall–Kier alpha value is -1.20. The molecule has 0 aromatic heterocycles. The summed E-state index contributed by atoms with van der Waals surface area (Å²) in [7, 11) is 0. The molecule has 16 heavy (non-hydrogen) atoms. The molecule has 0 amide bonds. The number of ether oxygens (including phenoxy) is 1. The highest BCUT2D eigenvalue weighted by Gasteiger charge is 2.13. The number of benzene rings is 1. The van der Waals surface area contributed by atoms with Crippen LogP contribution in [0.5, 0.6) is 5.75 Å². The molecular formula is C13H16ClNO. The van der Waals surface area contributed by atoms with Gasteiger partial charge in [-0.1, -0.05) is 25.4 Å². The van der Waals surface area contributed by atoms with Gasteiger partial charge in [0.05, 0.1) is 17.7 Å². The summed E-state index contributed by atoms with van der Waals surface area (Å²) in [6.45, 7) is 7.92. The maximum atomic E-state index is 9.09. The Balaban J connectivity index is 3.23. The second kappa shape index (κ2) is 5.23. The van der Waals surface area contributed by atoms with Crippen LogP contribution in [0.3, 0.4) is 0 Å². The molecule has 86 valence electrons. The Morgan fingerprint density at radius 3 is 2.31 bits per heavy atom. The van der Waals surface area contributed by atoms with Gasteiger partial charge in [0.25, 0.3) is 0 Å². The van der Waals surface area contributed by atoms with Gasteiger partial charge in [-0.25, -0.2) is 0 Å². The van der Waals surface area contributed by atoms with Crippen molar-refractivity contribution in [1.29, 1.82) is 5.26 Å². The lowest BCUT2D eigenvalue weighted by Gasteiger charge is -2.15. The van der Waals surface area contributed by atoms with Crippen LogP contribution in [0.2, 0.25) is 5.02 Å². The van der Waals surface area contributed by atoms with Crippen molar-refractivity contribution in [2.24, 2.45) is 0 Å². The Labute approximate surface area is 102 Å². The zero-order chi connectivity index (χ0) is 12.3. The average Bonchev–Trinajstić information content (AvgIpc) is 2.14. The zero-order valence-corrected chi connectivity index (χ0v) is 10.8. The van der Waals surface area contributed by atoms with E-state index in [1.807, 2.05) is 27.7 Å². The maximum absolute atomic E-state index is 9.09. The quantitative estimate of drug-likeness (QED) is 0.792. The molecule has 0 saturated carbocycles. The van der Waals surface area contributed by atoms with Crippen LogP contribution in [-0.2, 0) is 0 Å². The predicted octanol–water partition coefficient (Wildman–Crippen LogP) is 4.12. The Kier molecular flexibility index (Phi) is 4.20. The van der Waals surface area contributed by atoms with Crippen LogP contribution >= 0.6 is 11.6 Å². The van der Waals surface area contributed by atoms with Gasteiger partial charge in [0, 0.05) is 5.02 Å². The largest absolute Gasteiger partial charge is 0.491 e. The molecule has 0 aliphatic heterocycles. The molecule has 0 spiro atoms. The van der Waals surface area contributed by atoms with E-state index in [1.54, 1.807) is 12.1 Å². The smallest absolute Gasteiger partial charge is 0.122 e. The molecule has 0 bridgehead atoms. The molecule has 0 atom stereocenters. The predicted molar refractivity (Wildman–Crippen MR) is 66.0 cm³/mol. The SMILES string of the molecule is CC(C)Oc1cc(Cl)c(C(C)C)c(C#N)c1. The number of hydrogen-bond donors (Lipinski definition) is 0.